The lowest BCUT2D eigenvalue weighted by molar-refractivity contribution is -0.123. The molecule has 0 aliphatic carbocycles. The van der Waals surface area contributed by atoms with Crippen molar-refractivity contribution >= 4 is 17.4 Å². The average Bonchev–Trinajstić information content (AvgIpc) is 2.91. The van der Waals surface area contributed by atoms with Crippen LogP contribution in [0.5, 0.6) is 11.5 Å². The zero-order valence-electron chi connectivity index (χ0n) is 16.3. The number of Topliss-reactive ketones (excluding diaryl/α,β-unsaturated/α-hetero) is 1. The predicted octanol–water partition coefficient (Wildman–Crippen LogP) is 3.92. The van der Waals surface area contributed by atoms with E-state index in [9.17, 15) is 19.8 Å². The summed E-state index contributed by atoms with van der Waals surface area (Å²) < 4.78 is 5.44. The van der Waals surface area contributed by atoms with Crippen molar-refractivity contribution in [2.24, 2.45) is 5.41 Å². The summed E-state index contributed by atoms with van der Waals surface area (Å²) in [5.74, 6) is -1.38. The molecule has 1 amide bonds. The summed E-state index contributed by atoms with van der Waals surface area (Å²) in [5, 5.41) is 21.0. The van der Waals surface area contributed by atoms with Gasteiger partial charge in [0.1, 0.15) is 11.5 Å². The number of aliphatic hydroxyl groups excluding tert-OH is 1. The Labute approximate surface area is 163 Å². The normalized spacial score (nSPS) is 17.2. The summed E-state index contributed by atoms with van der Waals surface area (Å²) in [6, 6.07) is 12.4. The molecule has 6 heteroatoms. The molecule has 0 aromatic heterocycles. The van der Waals surface area contributed by atoms with Crippen molar-refractivity contribution in [3.63, 3.8) is 0 Å². The summed E-state index contributed by atoms with van der Waals surface area (Å²) in [4.78, 5) is 27.4. The maximum absolute atomic E-state index is 13.2. The summed E-state index contributed by atoms with van der Waals surface area (Å²) in [6.45, 7) is 5.17. The fraction of sp³-hybridized carbons (Fsp3) is 0.273. The number of aromatic hydroxyl groups is 1. The van der Waals surface area contributed by atoms with Crippen molar-refractivity contribution in [2.75, 3.05) is 12.0 Å². The lowest BCUT2D eigenvalue weighted by Gasteiger charge is -2.30. The molecule has 0 fully saturated rings. The van der Waals surface area contributed by atoms with Crippen molar-refractivity contribution in [3.05, 3.63) is 65.4 Å². The molecule has 3 rings (SSSR count). The van der Waals surface area contributed by atoms with Crippen LogP contribution in [0.3, 0.4) is 0 Å². The molecular formula is C22H23NO5. The molecule has 0 bridgehead atoms. The largest absolute Gasteiger partial charge is 0.506 e. The standard InChI is InChI=1S/C22H23NO5/c1-22(2,3)20(26)17-18(13-9-5-8-12-16(13)28-4)23(21(27)19(17)25)14-10-6-7-11-15(14)24/h5-12,18,24-25H,1-4H3. The van der Waals surface area contributed by atoms with Gasteiger partial charge in [-0.15, -0.1) is 0 Å². The van der Waals surface area contributed by atoms with Crippen molar-refractivity contribution in [1.82, 2.24) is 0 Å². The molecule has 28 heavy (non-hydrogen) atoms. The lowest BCUT2D eigenvalue weighted by atomic mass is 9.82. The molecule has 0 radical (unpaired) electrons. The number of nitrogens with zero attached hydrogens (tertiary/aromatic N) is 1. The Morgan fingerprint density at radius 3 is 2.25 bits per heavy atom. The van der Waals surface area contributed by atoms with Crippen LogP contribution in [-0.4, -0.2) is 29.0 Å². The highest BCUT2D eigenvalue weighted by Crippen LogP contribution is 2.47. The Morgan fingerprint density at radius 1 is 1.04 bits per heavy atom. The average molecular weight is 381 g/mol. The van der Waals surface area contributed by atoms with Gasteiger partial charge in [-0.3, -0.25) is 14.5 Å². The van der Waals surface area contributed by atoms with E-state index < -0.39 is 23.1 Å². The number of carbonyl (C=O) groups is 2. The minimum atomic E-state index is -0.927. The topological polar surface area (TPSA) is 87.1 Å². The van der Waals surface area contributed by atoms with Crippen molar-refractivity contribution in [1.29, 1.82) is 0 Å². The van der Waals surface area contributed by atoms with Gasteiger partial charge in [-0.05, 0) is 18.2 Å². The van der Waals surface area contributed by atoms with Crippen LogP contribution in [0.25, 0.3) is 0 Å². The maximum Gasteiger partial charge on any atom is 0.294 e. The smallest absolute Gasteiger partial charge is 0.294 e. The number of methoxy groups -OCH3 is 1. The number of amides is 1. The first-order chi connectivity index (χ1) is 13.2. The molecule has 1 heterocycles. The van der Waals surface area contributed by atoms with Crippen molar-refractivity contribution in [3.8, 4) is 11.5 Å². The quantitative estimate of drug-likeness (QED) is 0.838. The van der Waals surface area contributed by atoms with Gasteiger partial charge < -0.3 is 14.9 Å². The number of anilines is 1. The van der Waals surface area contributed by atoms with Crippen LogP contribution in [-0.2, 0) is 9.59 Å². The Kier molecular flexibility index (Phi) is 4.89. The summed E-state index contributed by atoms with van der Waals surface area (Å²) in [7, 11) is 1.49. The number of benzene rings is 2. The third-order valence-electron chi connectivity index (χ3n) is 4.71. The molecular weight excluding hydrogens is 358 g/mol. The molecule has 1 aliphatic heterocycles. The minimum absolute atomic E-state index is 0.00902. The molecule has 1 aliphatic rings. The molecule has 2 aromatic rings. The van der Waals surface area contributed by atoms with Crippen LogP contribution in [0.1, 0.15) is 32.4 Å². The van der Waals surface area contributed by atoms with Crippen LogP contribution >= 0.6 is 0 Å². The van der Waals surface area contributed by atoms with Crippen molar-refractivity contribution < 1.29 is 24.5 Å². The monoisotopic (exact) mass is 381 g/mol. The first kappa shape index (κ1) is 19.5. The second-order valence-electron chi connectivity index (χ2n) is 7.65. The molecule has 1 unspecified atom stereocenters. The van der Waals surface area contributed by atoms with E-state index in [1.54, 1.807) is 63.2 Å². The van der Waals surface area contributed by atoms with Gasteiger partial charge in [-0.25, -0.2) is 0 Å². The van der Waals surface area contributed by atoms with Gasteiger partial charge in [0.15, 0.2) is 11.5 Å². The van der Waals surface area contributed by atoms with E-state index in [0.717, 1.165) is 0 Å². The Balaban J connectivity index is 2.29. The molecule has 0 saturated heterocycles. The fourth-order valence-electron chi connectivity index (χ4n) is 3.34. The van der Waals surface area contributed by atoms with Crippen LogP contribution in [0.4, 0.5) is 5.69 Å². The predicted molar refractivity (Wildman–Crippen MR) is 105 cm³/mol. The highest BCUT2D eigenvalue weighted by molar-refractivity contribution is 6.18. The Bertz CT molecular complexity index is 971. The van der Waals surface area contributed by atoms with E-state index in [1.807, 2.05) is 0 Å². The third-order valence-corrected chi connectivity index (χ3v) is 4.71. The number of phenolic OH excluding ortho intramolecular Hbond substituents is 1. The van der Waals surface area contributed by atoms with Gasteiger partial charge in [0.05, 0.1) is 24.4 Å². The number of para-hydroxylation sites is 3. The van der Waals surface area contributed by atoms with Gasteiger partial charge in [0, 0.05) is 11.0 Å². The van der Waals surface area contributed by atoms with E-state index in [4.69, 9.17) is 4.74 Å². The first-order valence-electron chi connectivity index (χ1n) is 8.91. The molecule has 1 atom stereocenters. The molecule has 2 N–H and O–H groups in total. The summed E-state index contributed by atoms with van der Waals surface area (Å²) >= 11 is 0. The van der Waals surface area contributed by atoms with Crippen LogP contribution < -0.4 is 9.64 Å². The van der Waals surface area contributed by atoms with Crippen LogP contribution in [0.2, 0.25) is 0 Å². The van der Waals surface area contributed by atoms with E-state index in [-0.39, 0.29) is 22.8 Å². The van der Waals surface area contributed by atoms with Crippen LogP contribution in [0, 0.1) is 5.41 Å². The molecule has 2 aromatic carbocycles. The number of hydrogen-bond acceptors (Lipinski definition) is 5. The number of hydrogen-bond donors (Lipinski definition) is 2. The van der Waals surface area contributed by atoms with E-state index in [1.165, 1.54) is 18.1 Å². The van der Waals surface area contributed by atoms with E-state index in [2.05, 4.69) is 0 Å². The van der Waals surface area contributed by atoms with Gasteiger partial charge in [0.25, 0.3) is 5.91 Å². The number of rotatable bonds is 4. The van der Waals surface area contributed by atoms with Gasteiger partial charge in [-0.1, -0.05) is 51.1 Å². The SMILES string of the molecule is COc1ccccc1C1C(C(=O)C(C)(C)C)=C(O)C(=O)N1c1ccccc1O. The third kappa shape index (κ3) is 3.11. The molecule has 0 saturated carbocycles. The minimum Gasteiger partial charge on any atom is -0.506 e. The summed E-state index contributed by atoms with van der Waals surface area (Å²) in [6.07, 6.45) is 0. The zero-order chi connectivity index (χ0) is 20.6. The van der Waals surface area contributed by atoms with E-state index >= 15 is 0 Å². The molecule has 146 valence electrons. The zero-order valence-corrected chi connectivity index (χ0v) is 16.3. The highest BCUT2D eigenvalue weighted by Gasteiger charge is 2.48. The van der Waals surface area contributed by atoms with E-state index in [0.29, 0.717) is 11.3 Å². The van der Waals surface area contributed by atoms with Gasteiger partial charge in [-0.2, -0.15) is 0 Å². The lowest BCUT2D eigenvalue weighted by Crippen LogP contribution is -2.33. The Morgan fingerprint density at radius 2 is 1.64 bits per heavy atom. The number of phenols is 1. The number of ether oxygens (including phenoxy) is 1. The van der Waals surface area contributed by atoms with Gasteiger partial charge >= 0.3 is 0 Å². The number of ketones is 1. The fourth-order valence-corrected chi connectivity index (χ4v) is 3.34. The summed E-state index contributed by atoms with van der Waals surface area (Å²) in [5.41, 5.74) is -0.0892. The second kappa shape index (κ2) is 7.03. The number of aliphatic hydroxyl groups is 1. The first-order valence-corrected chi connectivity index (χ1v) is 8.91. The second-order valence-corrected chi connectivity index (χ2v) is 7.65. The van der Waals surface area contributed by atoms with Gasteiger partial charge in [0.2, 0.25) is 0 Å². The number of carbonyl (C=O) groups excluding carboxylic acids is 2. The maximum atomic E-state index is 13.2. The molecule has 6 nitrogen and oxygen atoms in total. The Hall–Kier alpha value is -3.28. The molecule has 0 spiro atoms. The van der Waals surface area contributed by atoms with Crippen molar-refractivity contribution in [2.45, 2.75) is 26.8 Å². The highest BCUT2D eigenvalue weighted by atomic mass is 16.5. The van der Waals surface area contributed by atoms with Crippen LogP contribution in [0.15, 0.2) is 59.9 Å².